The summed E-state index contributed by atoms with van der Waals surface area (Å²) in [5.74, 6) is -1.65. The number of aromatic amines is 1. The number of para-hydroxylation sites is 1. The molecule has 1 aromatic heterocycles. The first-order chi connectivity index (χ1) is 11.0. The number of carbonyl (C=O) groups excluding carboxylic acids is 1. The molecule has 1 aromatic carbocycles. The summed E-state index contributed by atoms with van der Waals surface area (Å²) in [4.78, 5) is 36.8. The Labute approximate surface area is 137 Å². The summed E-state index contributed by atoms with van der Waals surface area (Å²) in [5, 5.41) is 20.7. The van der Waals surface area contributed by atoms with E-state index < -0.39 is 32.0 Å². The van der Waals surface area contributed by atoms with Gasteiger partial charge in [0.2, 0.25) is 0 Å². The van der Waals surface area contributed by atoms with Crippen LogP contribution in [0.3, 0.4) is 0 Å². The van der Waals surface area contributed by atoms with E-state index in [4.69, 9.17) is 10.4 Å². The fourth-order valence-corrected chi connectivity index (χ4v) is 3.35. The third-order valence-electron chi connectivity index (χ3n) is 2.76. The molecule has 7 nitrogen and oxygen atoms in total. The van der Waals surface area contributed by atoms with Gasteiger partial charge in [0.1, 0.15) is 0 Å². The number of aromatic carboxylic acids is 1. The molecule has 0 radical (unpaired) electrons. The second kappa shape index (κ2) is 7.40. The van der Waals surface area contributed by atoms with Crippen LogP contribution in [0, 0.1) is 11.3 Å². The molecule has 1 amide bonds. The van der Waals surface area contributed by atoms with Crippen LogP contribution in [0.25, 0.3) is 0 Å². The topological polar surface area (TPSA) is 123 Å². The average Bonchev–Trinajstić information content (AvgIpc) is 2.53. The number of carbonyl (C=O) groups is 2. The van der Waals surface area contributed by atoms with Crippen LogP contribution in [0.5, 0.6) is 0 Å². The van der Waals surface area contributed by atoms with Crippen molar-refractivity contribution in [2.24, 2.45) is 0 Å². The maximum absolute atomic E-state index is 11.9. The number of H-pyrrole nitrogens is 1. The van der Waals surface area contributed by atoms with E-state index in [0.717, 1.165) is 6.07 Å². The summed E-state index contributed by atoms with van der Waals surface area (Å²) in [6.45, 7) is 0. The van der Waals surface area contributed by atoms with Crippen molar-refractivity contribution in [1.29, 1.82) is 5.26 Å². The van der Waals surface area contributed by atoms with Gasteiger partial charge in [-0.3, -0.25) is 0 Å². The summed E-state index contributed by atoms with van der Waals surface area (Å²) in [7, 11) is 0. The van der Waals surface area contributed by atoms with Crippen LogP contribution in [0.4, 0.5) is 5.69 Å². The average molecular weight is 376 g/mol. The number of anilines is 1. The fraction of sp³-hybridized carbons (Fsp3) is 0.0667. The SMILES string of the molecule is N#Cc1cc(C(=O)O)c(=O)[nH]c1[Se]CC(=O)Nc1ccccc1. The minimum absolute atomic E-state index is 0.0644. The standard InChI is InChI=1S/C15H11N3O4Se/c16-7-9-6-11(15(21)22)13(20)18-14(9)23-8-12(19)17-10-4-2-1-3-5-10/h1-6H,8H2,(H,17,19)(H,18,20)(H,21,22). The van der Waals surface area contributed by atoms with Gasteiger partial charge in [-0.15, -0.1) is 0 Å². The zero-order valence-electron chi connectivity index (χ0n) is 11.7. The minimum atomic E-state index is -1.40. The molecule has 8 heteroatoms. The number of benzene rings is 1. The summed E-state index contributed by atoms with van der Waals surface area (Å²) in [6.07, 6.45) is 0. The molecule has 0 aliphatic heterocycles. The molecule has 1 heterocycles. The number of carboxylic acids is 1. The van der Waals surface area contributed by atoms with Crippen molar-refractivity contribution in [3.05, 3.63) is 57.9 Å². The number of amides is 1. The Morgan fingerprint density at radius 1 is 1.30 bits per heavy atom. The molecule has 3 N–H and O–H groups in total. The van der Waals surface area contributed by atoms with Crippen molar-refractivity contribution < 1.29 is 14.7 Å². The van der Waals surface area contributed by atoms with E-state index >= 15 is 0 Å². The molecule has 23 heavy (non-hydrogen) atoms. The number of carboxylic acid groups (broad SMARTS) is 1. The van der Waals surface area contributed by atoms with Crippen molar-refractivity contribution in [2.75, 3.05) is 5.32 Å². The predicted molar refractivity (Wildman–Crippen MR) is 84.0 cm³/mol. The van der Waals surface area contributed by atoms with E-state index in [9.17, 15) is 14.4 Å². The molecule has 0 bridgehead atoms. The van der Waals surface area contributed by atoms with E-state index in [1.54, 1.807) is 24.3 Å². The Kier molecular flexibility index (Phi) is 5.31. The maximum atomic E-state index is 11.9. The van der Waals surface area contributed by atoms with Gasteiger partial charge in [-0.2, -0.15) is 0 Å². The van der Waals surface area contributed by atoms with Crippen molar-refractivity contribution in [3.63, 3.8) is 0 Å². The van der Waals surface area contributed by atoms with E-state index in [1.807, 2.05) is 12.1 Å². The summed E-state index contributed by atoms with van der Waals surface area (Å²) < 4.78 is 0.304. The van der Waals surface area contributed by atoms with Crippen LogP contribution in [-0.2, 0) is 4.79 Å². The van der Waals surface area contributed by atoms with E-state index in [2.05, 4.69) is 10.3 Å². The summed E-state index contributed by atoms with van der Waals surface area (Å²) >= 11 is -0.500. The van der Waals surface area contributed by atoms with Crippen molar-refractivity contribution in [1.82, 2.24) is 4.98 Å². The zero-order valence-corrected chi connectivity index (χ0v) is 13.4. The molecule has 0 saturated heterocycles. The first-order valence-corrected chi connectivity index (χ1v) is 8.46. The number of nitriles is 1. The number of hydrogen-bond donors (Lipinski definition) is 3. The van der Waals surface area contributed by atoms with E-state index in [1.165, 1.54) is 0 Å². The monoisotopic (exact) mass is 377 g/mol. The molecule has 0 aliphatic rings. The molecule has 0 aliphatic carbocycles. The Bertz CT molecular complexity index is 840. The summed E-state index contributed by atoms with van der Waals surface area (Å²) in [6, 6.07) is 11.8. The van der Waals surface area contributed by atoms with Gasteiger partial charge in [0.05, 0.1) is 0 Å². The van der Waals surface area contributed by atoms with Gasteiger partial charge < -0.3 is 0 Å². The van der Waals surface area contributed by atoms with Crippen LogP contribution < -0.4 is 15.5 Å². The molecule has 116 valence electrons. The molecule has 0 fully saturated rings. The van der Waals surface area contributed by atoms with Crippen molar-refractivity contribution in [3.8, 4) is 6.07 Å². The number of nitrogens with zero attached hydrogens (tertiary/aromatic N) is 1. The van der Waals surface area contributed by atoms with Crippen LogP contribution in [0.1, 0.15) is 15.9 Å². The second-order valence-corrected chi connectivity index (χ2v) is 6.44. The van der Waals surface area contributed by atoms with E-state index in [0.29, 0.717) is 10.3 Å². The third-order valence-corrected chi connectivity index (χ3v) is 4.90. The number of nitrogens with one attached hydrogen (secondary N) is 2. The predicted octanol–water partition coefficient (Wildman–Crippen LogP) is 0.331. The molecule has 0 unspecified atom stereocenters. The Morgan fingerprint density at radius 3 is 2.61 bits per heavy atom. The fourth-order valence-electron chi connectivity index (χ4n) is 1.73. The number of rotatable bonds is 5. The number of pyridine rings is 1. The van der Waals surface area contributed by atoms with Gasteiger partial charge in [0.25, 0.3) is 0 Å². The van der Waals surface area contributed by atoms with E-state index in [-0.39, 0.29) is 16.8 Å². The third kappa shape index (κ3) is 4.30. The van der Waals surface area contributed by atoms with Crippen LogP contribution in [-0.4, -0.2) is 36.9 Å². The molecule has 0 atom stereocenters. The van der Waals surface area contributed by atoms with Gasteiger partial charge in [0, 0.05) is 0 Å². The van der Waals surface area contributed by atoms with Gasteiger partial charge in [-0.05, 0) is 0 Å². The first-order valence-electron chi connectivity index (χ1n) is 6.39. The molecular weight excluding hydrogens is 365 g/mol. The zero-order chi connectivity index (χ0) is 16.8. The van der Waals surface area contributed by atoms with Gasteiger partial charge >= 0.3 is 137 Å². The molecule has 0 saturated carbocycles. The quantitative estimate of drug-likeness (QED) is 0.649. The molecule has 0 spiro atoms. The summed E-state index contributed by atoms with van der Waals surface area (Å²) in [5.41, 5.74) is -0.551. The van der Waals surface area contributed by atoms with Crippen LogP contribution in [0.15, 0.2) is 41.2 Å². The van der Waals surface area contributed by atoms with Gasteiger partial charge in [-0.25, -0.2) is 0 Å². The van der Waals surface area contributed by atoms with Gasteiger partial charge in [0.15, 0.2) is 0 Å². The Morgan fingerprint density at radius 2 is 2.00 bits per heavy atom. The molecule has 2 aromatic rings. The molecular formula is C15H11N3O4Se. The Hall–Kier alpha value is -2.88. The Balaban J connectivity index is 2.10. The van der Waals surface area contributed by atoms with Crippen LogP contribution in [0.2, 0.25) is 5.32 Å². The number of hydrogen-bond acceptors (Lipinski definition) is 4. The number of aromatic nitrogens is 1. The first kappa shape index (κ1) is 16.5. The normalized spacial score (nSPS) is 9.87. The van der Waals surface area contributed by atoms with Gasteiger partial charge in [-0.1, -0.05) is 0 Å². The van der Waals surface area contributed by atoms with Crippen molar-refractivity contribution in [2.45, 2.75) is 5.32 Å². The second-order valence-electron chi connectivity index (χ2n) is 4.37. The van der Waals surface area contributed by atoms with Crippen molar-refractivity contribution >= 4 is 37.1 Å². The van der Waals surface area contributed by atoms with Crippen LogP contribution >= 0.6 is 0 Å². The molecule has 2 rings (SSSR count).